The van der Waals surface area contributed by atoms with Gasteiger partial charge in [0.25, 0.3) is 0 Å². The van der Waals surface area contributed by atoms with Crippen LogP contribution in [0.2, 0.25) is 0 Å². The van der Waals surface area contributed by atoms with Gasteiger partial charge in [-0.25, -0.2) is 13.1 Å². The maximum Gasteiger partial charge on any atom is 0.320 e. The van der Waals surface area contributed by atoms with Crippen molar-refractivity contribution < 1.29 is 18.3 Å². The fourth-order valence-corrected chi connectivity index (χ4v) is 2.98. The van der Waals surface area contributed by atoms with Gasteiger partial charge in [-0.3, -0.25) is 4.79 Å². The summed E-state index contributed by atoms with van der Waals surface area (Å²) < 4.78 is 25.1. The number of piperidine rings is 1. The SMILES string of the molecule is CCN1CCC(NS(=O)(=O)CC(=O)O)CC1. The van der Waals surface area contributed by atoms with Crippen LogP contribution in [-0.2, 0) is 14.8 Å². The second-order valence-electron chi connectivity index (χ2n) is 3.98. The summed E-state index contributed by atoms with van der Waals surface area (Å²) in [5, 5.41) is 8.43. The highest BCUT2D eigenvalue weighted by molar-refractivity contribution is 7.90. The number of hydrogen-bond acceptors (Lipinski definition) is 4. The predicted octanol–water partition coefficient (Wildman–Crippen LogP) is -0.525. The van der Waals surface area contributed by atoms with Crippen molar-refractivity contribution in [1.82, 2.24) is 9.62 Å². The van der Waals surface area contributed by atoms with Gasteiger partial charge in [0.2, 0.25) is 10.0 Å². The molecule has 0 atom stereocenters. The van der Waals surface area contributed by atoms with E-state index in [9.17, 15) is 13.2 Å². The molecule has 1 aliphatic heterocycles. The first-order valence-corrected chi connectivity index (χ1v) is 7.02. The van der Waals surface area contributed by atoms with Crippen LogP contribution in [0.15, 0.2) is 0 Å². The molecular weight excluding hydrogens is 232 g/mol. The van der Waals surface area contributed by atoms with Gasteiger partial charge in [-0.05, 0) is 32.5 Å². The Bertz CT molecular complexity index is 333. The van der Waals surface area contributed by atoms with Crippen molar-refractivity contribution in [2.24, 2.45) is 0 Å². The molecule has 1 aliphatic rings. The highest BCUT2D eigenvalue weighted by Gasteiger charge is 2.24. The van der Waals surface area contributed by atoms with E-state index in [1.807, 2.05) is 0 Å². The highest BCUT2D eigenvalue weighted by Crippen LogP contribution is 2.10. The van der Waals surface area contributed by atoms with Crippen LogP contribution in [0.5, 0.6) is 0 Å². The topological polar surface area (TPSA) is 86.7 Å². The fraction of sp³-hybridized carbons (Fsp3) is 0.889. The third-order valence-electron chi connectivity index (χ3n) is 2.69. The van der Waals surface area contributed by atoms with Crippen molar-refractivity contribution in [1.29, 1.82) is 0 Å². The number of nitrogens with zero attached hydrogens (tertiary/aromatic N) is 1. The number of carboxylic acids is 1. The van der Waals surface area contributed by atoms with Crippen LogP contribution in [-0.4, -0.2) is 55.8 Å². The lowest BCUT2D eigenvalue weighted by molar-refractivity contribution is -0.134. The summed E-state index contributed by atoms with van der Waals surface area (Å²) in [6, 6.07) is -0.118. The largest absolute Gasteiger partial charge is 0.480 e. The number of carboxylic acid groups (broad SMARTS) is 1. The average molecular weight is 250 g/mol. The number of carbonyl (C=O) groups is 1. The summed E-state index contributed by atoms with van der Waals surface area (Å²) in [5.74, 6) is -2.17. The van der Waals surface area contributed by atoms with Crippen LogP contribution in [0, 0.1) is 0 Å². The van der Waals surface area contributed by atoms with Crippen molar-refractivity contribution in [3.05, 3.63) is 0 Å². The Labute approximate surface area is 95.7 Å². The van der Waals surface area contributed by atoms with Crippen molar-refractivity contribution in [2.45, 2.75) is 25.8 Å². The standard InChI is InChI=1S/C9H18N2O4S/c1-2-11-5-3-8(4-6-11)10-16(14,15)7-9(12)13/h8,10H,2-7H2,1H3,(H,12,13). The Morgan fingerprint density at radius 1 is 1.44 bits per heavy atom. The number of aliphatic carboxylic acids is 1. The van der Waals surface area contributed by atoms with E-state index < -0.39 is 21.7 Å². The van der Waals surface area contributed by atoms with E-state index in [-0.39, 0.29) is 6.04 Å². The molecule has 1 rings (SSSR count). The number of rotatable bonds is 5. The second-order valence-corrected chi connectivity index (χ2v) is 5.73. The number of likely N-dealkylation sites (tertiary alicyclic amines) is 1. The van der Waals surface area contributed by atoms with Crippen LogP contribution in [0.1, 0.15) is 19.8 Å². The molecule has 0 bridgehead atoms. The molecule has 94 valence electrons. The molecule has 6 nitrogen and oxygen atoms in total. The first-order valence-electron chi connectivity index (χ1n) is 5.37. The van der Waals surface area contributed by atoms with Gasteiger partial charge in [-0.1, -0.05) is 6.92 Å². The second kappa shape index (κ2) is 5.60. The maximum atomic E-state index is 11.4. The van der Waals surface area contributed by atoms with Crippen LogP contribution >= 0.6 is 0 Å². The Balaban J connectivity index is 2.41. The molecule has 0 radical (unpaired) electrons. The first-order chi connectivity index (χ1) is 7.43. The number of nitrogens with one attached hydrogen (secondary N) is 1. The normalized spacial score (nSPS) is 19.8. The molecule has 0 amide bonds. The predicted molar refractivity (Wildman–Crippen MR) is 59.7 cm³/mol. The molecule has 0 aromatic heterocycles. The van der Waals surface area contributed by atoms with Gasteiger partial charge in [0.1, 0.15) is 0 Å². The van der Waals surface area contributed by atoms with Crippen LogP contribution in [0.25, 0.3) is 0 Å². The lowest BCUT2D eigenvalue weighted by Crippen LogP contribution is -2.45. The van der Waals surface area contributed by atoms with Gasteiger partial charge in [0.15, 0.2) is 5.75 Å². The molecule has 0 aromatic rings. The summed E-state index contributed by atoms with van der Waals surface area (Å²) in [6.45, 7) is 4.75. The lowest BCUT2D eigenvalue weighted by Gasteiger charge is -2.31. The average Bonchev–Trinajstić information content (AvgIpc) is 2.16. The Morgan fingerprint density at radius 2 is 2.00 bits per heavy atom. The molecule has 0 unspecified atom stereocenters. The molecule has 1 heterocycles. The minimum Gasteiger partial charge on any atom is -0.480 e. The van der Waals surface area contributed by atoms with Crippen molar-refractivity contribution >= 4 is 16.0 Å². The van der Waals surface area contributed by atoms with Gasteiger partial charge in [-0.15, -0.1) is 0 Å². The van der Waals surface area contributed by atoms with Gasteiger partial charge >= 0.3 is 5.97 Å². The van der Waals surface area contributed by atoms with Crippen LogP contribution < -0.4 is 4.72 Å². The van der Waals surface area contributed by atoms with Crippen LogP contribution in [0.4, 0.5) is 0 Å². The van der Waals surface area contributed by atoms with E-state index in [0.29, 0.717) is 0 Å². The first kappa shape index (κ1) is 13.4. The molecular formula is C9H18N2O4S. The molecule has 2 N–H and O–H groups in total. The lowest BCUT2D eigenvalue weighted by atomic mass is 10.1. The minimum absolute atomic E-state index is 0.118. The Hall–Kier alpha value is -0.660. The minimum atomic E-state index is -3.67. The van der Waals surface area contributed by atoms with E-state index in [1.165, 1.54) is 0 Å². The summed E-state index contributed by atoms with van der Waals surface area (Å²) in [6.07, 6.45) is 1.49. The molecule has 0 aliphatic carbocycles. The third kappa shape index (κ3) is 4.46. The molecule has 0 spiro atoms. The number of hydrogen-bond donors (Lipinski definition) is 2. The van der Waals surface area contributed by atoms with E-state index in [1.54, 1.807) is 0 Å². The molecule has 1 saturated heterocycles. The van der Waals surface area contributed by atoms with E-state index in [2.05, 4.69) is 16.5 Å². The molecule has 7 heteroatoms. The summed E-state index contributed by atoms with van der Waals surface area (Å²) in [4.78, 5) is 12.6. The Kier molecular flexibility index (Phi) is 4.69. The smallest absolute Gasteiger partial charge is 0.320 e. The third-order valence-corrected chi connectivity index (χ3v) is 4.01. The molecule has 1 fully saturated rings. The molecule has 16 heavy (non-hydrogen) atoms. The fourth-order valence-electron chi connectivity index (χ4n) is 1.83. The quantitative estimate of drug-likeness (QED) is 0.685. The van der Waals surface area contributed by atoms with Crippen molar-refractivity contribution in [3.63, 3.8) is 0 Å². The van der Waals surface area contributed by atoms with Gasteiger partial charge in [-0.2, -0.15) is 0 Å². The summed E-state index contributed by atoms with van der Waals surface area (Å²) in [5.41, 5.74) is 0. The number of sulfonamides is 1. The molecule has 0 saturated carbocycles. The maximum absolute atomic E-state index is 11.4. The zero-order valence-electron chi connectivity index (χ0n) is 9.35. The van der Waals surface area contributed by atoms with Gasteiger partial charge in [0, 0.05) is 6.04 Å². The van der Waals surface area contributed by atoms with Crippen molar-refractivity contribution in [2.75, 3.05) is 25.4 Å². The highest BCUT2D eigenvalue weighted by atomic mass is 32.2. The van der Waals surface area contributed by atoms with Gasteiger partial charge in [0.05, 0.1) is 0 Å². The molecule has 0 aromatic carbocycles. The van der Waals surface area contributed by atoms with E-state index in [0.717, 1.165) is 32.5 Å². The zero-order chi connectivity index (χ0) is 12.2. The monoisotopic (exact) mass is 250 g/mol. The summed E-state index contributed by atoms with van der Waals surface area (Å²) >= 11 is 0. The van der Waals surface area contributed by atoms with Gasteiger partial charge < -0.3 is 10.0 Å². The van der Waals surface area contributed by atoms with Crippen molar-refractivity contribution in [3.8, 4) is 0 Å². The van der Waals surface area contributed by atoms with Crippen LogP contribution in [0.3, 0.4) is 0 Å². The Morgan fingerprint density at radius 3 is 2.44 bits per heavy atom. The zero-order valence-corrected chi connectivity index (χ0v) is 10.2. The van der Waals surface area contributed by atoms with E-state index >= 15 is 0 Å². The summed E-state index contributed by atoms with van der Waals surface area (Å²) in [7, 11) is -3.67. The van der Waals surface area contributed by atoms with E-state index in [4.69, 9.17) is 5.11 Å².